The lowest BCUT2D eigenvalue weighted by Crippen LogP contribution is -2.27. The molecule has 1 aromatic carbocycles. The largest absolute Gasteiger partial charge is 0.327 e. The van der Waals surface area contributed by atoms with Gasteiger partial charge in [0.15, 0.2) is 0 Å². The van der Waals surface area contributed by atoms with E-state index in [1.165, 1.54) is 30.6 Å². The van der Waals surface area contributed by atoms with Gasteiger partial charge >= 0.3 is 0 Å². The Labute approximate surface area is 121 Å². The quantitative estimate of drug-likeness (QED) is 0.898. The maximum absolute atomic E-state index is 4.81. The van der Waals surface area contributed by atoms with Crippen LogP contribution in [-0.4, -0.2) is 15.6 Å². The summed E-state index contributed by atoms with van der Waals surface area (Å²) < 4.78 is 2.38. The molecule has 2 unspecified atom stereocenters. The fraction of sp³-hybridized carbons (Fsp3) is 0.588. The Morgan fingerprint density at radius 1 is 1.30 bits per heavy atom. The van der Waals surface area contributed by atoms with Gasteiger partial charge in [0.05, 0.1) is 17.6 Å². The molecule has 1 aromatic heterocycles. The summed E-state index contributed by atoms with van der Waals surface area (Å²) in [6.45, 7) is 6.53. The number of nitrogens with zero attached hydrogens (tertiary/aromatic N) is 2. The molecule has 0 spiro atoms. The van der Waals surface area contributed by atoms with Crippen LogP contribution in [0.1, 0.15) is 45.4 Å². The molecule has 0 radical (unpaired) electrons. The normalized spacial score (nSPS) is 22.7. The molecule has 1 N–H and O–H groups in total. The van der Waals surface area contributed by atoms with Gasteiger partial charge in [-0.1, -0.05) is 26.0 Å². The topological polar surface area (TPSA) is 29.9 Å². The molecule has 20 heavy (non-hydrogen) atoms. The van der Waals surface area contributed by atoms with Gasteiger partial charge in [0, 0.05) is 12.6 Å². The first-order chi connectivity index (χ1) is 9.78. The molecule has 0 bridgehead atoms. The monoisotopic (exact) mass is 271 g/mol. The number of hydrogen-bond acceptors (Lipinski definition) is 2. The van der Waals surface area contributed by atoms with E-state index in [2.05, 4.69) is 48.0 Å². The highest BCUT2D eigenvalue weighted by molar-refractivity contribution is 5.75. The number of aromatic nitrogens is 2. The molecular weight excluding hydrogens is 246 g/mol. The van der Waals surface area contributed by atoms with Gasteiger partial charge in [0.1, 0.15) is 5.82 Å². The first-order valence-electron chi connectivity index (χ1n) is 7.95. The molecule has 1 fully saturated rings. The first-order valence-corrected chi connectivity index (χ1v) is 7.95. The molecule has 0 aliphatic heterocycles. The van der Waals surface area contributed by atoms with Gasteiger partial charge in [-0.15, -0.1) is 0 Å². The van der Waals surface area contributed by atoms with Crippen LogP contribution in [0.5, 0.6) is 0 Å². The average Bonchev–Trinajstić information content (AvgIpc) is 3.02. The summed E-state index contributed by atoms with van der Waals surface area (Å²) in [5.74, 6) is 2.06. The maximum atomic E-state index is 4.81. The van der Waals surface area contributed by atoms with E-state index in [9.17, 15) is 0 Å². The third-order valence-corrected chi connectivity index (χ3v) is 4.42. The molecule has 1 aliphatic rings. The van der Waals surface area contributed by atoms with Crippen molar-refractivity contribution < 1.29 is 0 Å². The minimum atomic E-state index is 0.680. The average molecular weight is 271 g/mol. The summed E-state index contributed by atoms with van der Waals surface area (Å²) in [6.07, 6.45) is 5.14. The summed E-state index contributed by atoms with van der Waals surface area (Å²) >= 11 is 0. The van der Waals surface area contributed by atoms with E-state index in [1.54, 1.807) is 0 Å². The standard InChI is InChI=1S/C17H25N3/c1-3-10-20-16-7-5-4-6-15(16)19-17(20)12-18-14-9-8-13(2)11-14/h4-7,13-14,18H,3,8-12H2,1-2H3. The predicted molar refractivity (Wildman–Crippen MR) is 83.7 cm³/mol. The zero-order valence-electron chi connectivity index (χ0n) is 12.6. The second-order valence-electron chi connectivity index (χ2n) is 6.16. The summed E-state index contributed by atoms with van der Waals surface area (Å²) in [5.41, 5.74) is 2.39. The molecule has 2 atom stereocenters. The number of rotatable bonds is 5. The van der Waals surface area contributed by atoms with Crippen molar-refractivity contribution in [2.24, 2.45) is 5.92 Å². The van der Waals surface area contributed by atoms with Crippen LogP contribution in [0.4, 0.5) is 0 Å². The SMILES string of the molecule is CCCn1c(CNC2CCC(C)C2)nc2ccccc21. The van der Waals surface area contributed by atoms with Gasteiger partial charge in [-0.05, 0) is 43.7 Å². The lowest BCUT2D eigenvalue weighted by atomic mass is 10.1. The molecule has 1 heterocycles. The fourth-order valence-corrected chi connectivity index (χ4v) is 3.36. The van der Waals surface area contributed by atoms with Crippen LogP contribution in [0.2, 0.25) is 0 Å². The molecule has 3 heteroatoms. The van der Waals surface area contributed by atoms with Gasteiger partial charge < -0.3 is 9.88 Å². The summed E-state index contributed by atoms with van der Waals surface area (Å²) in [7, 11) is 0. The Morgan fingerprint density at radius 2 is 2.15 bits per heavy atom. The third-order valence-electron chi connectivity index (χ3n) is 4.42. The maximum Gasteiger partial charge on any atom is 0.123 e. The van der Waals surface area contributed by atoms with Gasteiger partial charge in [-0.25, -0.2) is 4.98 Å². The number of hydrogen-bond donors (Lipinski definition) is 1. The van der Waals surface area contributed by atoms with Crippen LogP contribution in [0.15, 0.2) is 24.3 Å². The molecular formula is C17H25N3. The van der Waals surface area contributed by atoms with Crippen LogP contribution in [0.25, 0.3) is 11.0 Å². The number of aryl methyl sites for hydroxylation is 1. The van der Waals surface area contributed by atoms with Crippen LogP contribution in [0, 0.1) is 5.92 Å². The lowest BCUT2D eigenvalue weighted by molar-refractivity contribution is 0.484. The van der Waals surface area contributed by atoms with E-state index in [0.29, 0.717) is 6.04 Å². The molecule has 3 nitrogen and oxygen atoms in total. The zero-order valence-corrected chi connectivity index (χ0v) is 12.6. The minimum absolute atomic E-state index is 0.680. The number of fused-ring (bicyclic) bond motifs is 1. The number of para-hydroxylation sites is 2. The lowest BCUT2D eigenvalue weighted by Gasteiger charge is -2.13. The molecule has 3 rings (SSSR count). The van der Waals surface area contributed by atoms with Crippen molar-refractivity contribution in [1.82, 2.24) is 14.9 Å². The Morgan fingerprint density at radius 3 is 2.90 bits per heavy atom. The van der Waals surface area contributed by atoms with Crippen LogP contribution < -0.4 is 5.32 Å². The van der Waals surface area contributed by atoms with Gasteiger partial charge in [-0.3, -0.25) is 0 Å². The number of imidazole rings is 1. The fourth-order valence-electron chi connectivity index (χ4n) is 3.36. The molecule has 1 aliphatic carbocycles. The van der Waals surface area contributed by atoms with Crippen molar-refractivity contribution in [3.63, 3.8) is 0 Å². The smallest absolute Gasteiger partial charge is 0.123 e. The van der Waals surface area contributed by atoms with Gasteiger partial charge in [0.25, 0.3) is 0 Å². The minimum Gasteiger partial charge on any atom is -0.327 e. The number of nitrogens with one attached hydrogen (secondary N) is 1. The van der Waals surface area contributed by atoms with Crippen LogP contribution >= 0.6 is 0 Å². The second-order valence-corrected chi connectivity index (χ2v) is 6.16. The third kappa shape index (κ3) is 2.73. The van der Waals surface area contributed by atoms with E-state index in [-0.39, 0.29) is 0 Å². The second kappa shape index (κ2) is 5.96. The Balaban J connectivity index is 1.77. The van der Waals surface area contributed by atoms with Gasteiger partial charge in [0.2, 0.25) is 0 Å². The highest BCUT2D eigenvalue weighted by Gasteiger charge is 2.21. The van der Waals surface area contributed by atoms with Crippen LogP contribution in [0.3, 0.4) is 0 Å². The molecule has 2 aromatic rings. The van der Waals surface area contributed by atoms with Crippen molar-refractivity contribution in [3.8, 4) is 0 Å². The van der Waals surface area contributed by atoms with E-state index < -0.39 is 0 Å². The predicted octanol–water partition coefficient (Wildman–Crippen LogP) is 3.72. The number of benzene rings is 1. The summed E-state index contributed by atoms with van der Waals surface area (Å²) in [6, 6.07) is 9.15. The van der Waals surface area contributed by atoms with E-state index in [1.807, 2.05) is 0 Å². The highest BCUT2D eigenvalue weighted by atomic mass is 15.1. The zero-order chi connectivity index (χ0) is 13.9. The van der Waals surface area contributed by atoms with Crippen molar-refractivity contribution in [3.05, 3.63) is 30.1 Å². The van der Waals surface area contributed by atoms with E-state index in [0.717, 1.165) is 30.9 Å². The Kier molecular flexibility index (Phi) is 4.06. The van der Waals surface area contributed by atoms with E-state index >= 15 is 0 Å². The first kappa shape index (κ1) is 13.6. The van der Waals surface area contributed by atoms with E-state index in [4.69, 9.17) is 4.98 Å². The summed E-state index contributed by atoms with van der Waals surface area (Å²) in [4.78, 5) is 4.81. The van der Waals surface area contributed by atoms with Crippen LogP contribution in [-0.2, 0) is 13.1 Å². The molecule has 0 saturated heterocycles. The molecule has 0 amide bonds. The van der Waals surface area contributed by atoms with Crippen molar-refractivity contribution >= 4 is 11.0 Å². The molecule has 108 valence electrons. The Bertz CT molecular complexity index is 573. The van der Waals surface area contributed by atoms with Crippen molar-refractivity contribution in [2.75, 3.05) is 0 Å². The van der Waals surface area contributed by atoms with Crippen molar-refractivity contribution in [1.29, 1.82) is 0 Å². The highest BCUT2D eigenvalue weighted by Crippen LogP contribution is 2.25. The molecule has 1 saturated carbocycles. The van der Waals surface area contributed by atoms with Gasteiger partial charge in [-0.2, -0.15) is 0 Å². The van der Waals surface area contributed by atoms with Crippen molar-refractivity contribution in [2.45, 2.75) is 58.7 Å². The Hall–Kier alpha value is -1.35. The summed E-state index contributed by atoms with van der Waals surface area (Å²) in [5, 5.41) is 3.70.